The monoisotopic (exact) mass is 469 g/mol. The molecule has 0 fully saturated rings. The lowest BCUT2D eigenvalue weighted by atomic mass is 9.82. The van der Waals surface area contributed by atoms with Gasteiger partial charge in [0, 0.05) is 4.88 Å². The van der Waals surface area contributed by atoms with E-state index in [1.54, 1.807) is 25.2 Å². The topological polar surface area (TPSA) is 102 Å². The van der Waals surface area contributed by atoms with Gasteiger partial charge in [-0.25, -0.2) is 9.59 Å². The van der Waals surface area contributed by atoms with Crippen molar-refractivity contribution in [3.8, 4) is 0 Å². The quantitative estimate of drug-likeness (QED) is 0.491. The number of aliphatic imine (C=N–C) groups is 1. The number of aliphatic carboxylic acids is 1. The molecule has 0 bridgehead atoms. The van der Waals surface area contributed by atoms with Crippen LogP contribution in [0, 0.1) is 0 Å². The van der Waals surface area contributed by atoms with Crippen molar-refractivity contribution in [2.75, 3.05) is 6.61 Å². The van der Waals surface area contributed by atoms with Gasteiger partial charge in [-0.3, -0.25) is 9.79 Å². The Labute approximate surface area is 196 Å². The molecule has 0 spiro atoms. The molecule has 0 saturated heterocycles. The Morgan fingerprint density at radius 1 is 1.00 bits per heavy atom. The predicted octanol–water partition coefficient (Wildman–Crippen LogP) is 4.36. The second-order valence-corrected chi connectivity index (χ2v) is 8.66. The van der Waals surface area contributed by atoms with E-state index in [1.807, 2.05) is 47.8 Å². The number of esters is 2. The predicted molar refractivity (Wildman–Crippen MR) is 125 cm³/mol. The molecule has 3 rings (SSSR count). The molecular weight excluding hydrogens is 442 g/mol. The molecule has 1 atom stereocenters. The van der Waals surface area contributed by atoms with Gasteiger partial charge in [-0.1, -0.05) is 43.3 Å². The number of aryl methyl sites for hydroxylation is 1. The van der Waals surface area contributed by atoms with Crippen LogP contribution >= 0.6 is 11.3 Å². The van der Waals surface area contributed by atoms with Crippen LogP contribution < -0.4 is 0 Å². The van der Waals surface area contributed by atoms with E-state index in [-0.39, 0.29) is 30.9 Å². The Morgan fingerprint density at radius 2 is 1.76 bits per heavy atom. The van der Waals surface area contributed by atoms with Crippen LogP contribution in [0.3, 0.4) is 0 Å². The molecule has 7 nitrogen and oxygen atoms in total. The molecule has 2 aromatic rings. The fraction of sp³-hybridized carbons (Fsp3) is 0.360. The Balaban J connectivity index is 2.00. The molecule has 1 unspecified atom stereocenters. The van der Waals surface area contributed by atoms with E-state index in [2.05, 4.69) is 4.99 Å². The molecule has 1 aromatic heterocycles. The lowest BCUT2D eigenvalue weighted by molar-refractivity contribution is -0.140. The number of carboxylic acid groups (broad SMARTS) is 1. The number of benzene rings is 1. The first-order chi connectivity index (χ1) is 15.9. The third kappa shape index (κ3) is 5.76. The summed E-state index contributed by atoms with van der Waals surface area (Å²) in [5.74, 6) is -2.43. The maximum atomic E-state index is 13.1. The van der Waals surface area contributed by atoms with Gasteiger partial charge < -0.3 is 14.6 Å². The zero-order valence-corrected chi connectivity index (χ0v) is 19.5. The van der Waals surface area contributed by atoms with E-state index < -0.39 is 29.9 Å². The average Bonchev–Trinajstić information content (AvgIpc) is 3.43. The van der Waals surface area contributed by atoms with Crippen LogP contribution in [-0.4, -0.2) is 40.9 Å². The second kappa shape index (κ2) is 11.0. The van der Waals surface area contributed by atoms with Crippen molar-refractivity contribution < 1.29 is 29.0 Å². The van der Waals surface area contributed by atoms with Crippen molar-refractivity contribution >= 4 is 35.0 Å². The molecule has 1 aliphatic rings. The highest BCUT2D eigenvalue weighted by molar-refractivity contribution is 7.09. The molecule has 0 saturated carbocycles. The molecule has 174 valence electrons. The molecule has 1 N–H and O–H groups in total. The number of hydrogen-bond donors (Lipinski definition) is 1. The zero-order chi connectivity index (χ0) is 23.8. The van der Waals surface area contributed by atoms with Crippen LogP contribution in [0.2, 0.25) is 0 Å². The fourth-order valence-corrected chi connectivity index (χ4v) is 4.63. The largest absolute Gasteiger partial charge is 0.481 e. The van der Waals surface area contributed by atoms with Gasteiger partial charge in [-0.2, -0.15) is 0 Å². The summed E-state index contributed by atoms with van der Waals surface area (Å²) in [4.78, 5) is 43.5. The van der Waals surface area contributed by atoms with Crippen molar-refractivity contribution in [3.63, 3.8) is 0 Å². The summed E-state index contributed by atoms with van der Waals surface area (Å²) in [6.45, 7) is 3.60. The third-order valence-electron chi connectivity index (χ3n) is 5.49. The standard InChI is InChI=1S/C25H27NO6S/c1-3-25(15-20(27)28)21(23(29)31-4-2)19(13-12-18-11-8-14-33-18)22(26-25)24(30)32-16-17-9-6-5-7-10-17/h5-11,14H,3-4,12-13,15-16H2,1-2H3,(H,27,28). The first-order valence-corrected chi connectivity index (χ1v) is 11.7. The summed E-state index contributed by atoms with van der Waals surface area (Å²) < 4.78 is 10.8. The van der Waals surface area contributed by atoms with E-state index >= 15 is 0 Å². The molecule has 8 heteroatoms. The van der Waals surface area contributed by atoms with Crippen molar-refractivity contribution in [2.45, 2.75) is 51.7 Å². The maximum Gasteiger partial charge on any atom is 0.357 e. The van der Waals surface area contributed by atoms with Crippen LogP contribution in [0.4, 0.5) is 0 Å². The second-order valence-electron chi connectivity index (χ2n) is 7.63. The third-order valence-corrected chi connectivity index (χ3v) is 6.43. The van der Waals surface area contributed by atoms with Gasteiger partial charge in [0.1, 0.15) is 17.9 Å². The number of ether oxygens (including phenoxy) is 2. The Morgan fingerprint density at radius 3 is 2.36 bits per heavy atom. The summed E-state index contributed by atoms with van der Waals surface area (Å²) in [6.07, 6.45) is 0.726. The van der Waals surface area contributed by atoms with E-state index in [0.717, 1.165) is 10.4 Å². The van der Waals surface area contributed by atoms with E-state index in [4.69, 9.17) is 9.47 Å². The fourth-order valence-electron chi connectivity index (χ4n) is 3.92. The number of nitrogens with zero attached hydrogens (tertiary/aromatic N) is 1. The van der Waals surface area contributed by atoms with Gasteiger partial charge in [-0.15, -0.1) is 11.3 Å². The van der Waals surface area contributed by atoms with Gasteiger partial charge in [0.2, 0.25) is 0 Å². The number of rotatable bonds is 11. The van der Waals surface area contributed by atoms with Crippen molar-refractivity contribution in [2.24, 2.45) is 4.99 Å². The van der Waals surface area contributed by atoms with Crippen molar-refractivity contribution in [1.82, 2.24) is 0 Å². The van der Waals surface area contributed by atoms with Crippen LogP contribution in [-0.2, 0) is 36.9 Å². The normalized spacial score (nSPS) is 17.6. The summed E-state index contributed by atoms with van der Waals surface area (Å²) in [6, 6.07) is 13.1. The first kappa shape index (κ1) is 24.4. The zero-order valence-electron chi connectivity index (χ0n) is 18.7. The average molecular weight is 470 g/mol. The van der Waals surface area contributed by atoms with Crippen LogP contribution in [0.1, 0.15) is 43.6 Å². The highest BCUT2D eigenvalue weighted by Gasteiger charge is 2.48. The van der Waals surface area contributed by atoms with Gasteiger partial charge >= 0.3 is 17.9 Å². The minimum Gasteiger partial charge on any atom is -0.481 e. The molecule has 0 aliphatic carbocycles. The highest BCUT2D eigenvalue weighted by Crippen LogP contribution is 2.41. The van der Waals surface area contributed by atoms with Crippen LogP contribution in [0.25, 0.3) is 0 Å². The van der Waals surface area contributed by atoms with Crippen LogP contribution in [0.5, 0.6) is 0 Å². The summed E-state index contributed by atoms with van der Waals surface area (Å²) >= 11 is 1.57. The van der Waals surface area contributed by atoms with Gasteiger partial charge in [0.15, 0.2) is 0 Å². The van der Waals surface area contributed by atoms with Gasteiger partial charge in [0.25, 0.3) is 0 Å². The van der Waals surface area contributed by atoms with E-state index in [0.29, 0.717) is 18.4 Å². The summed E-state index contributed by atoms with van der Waals surface area (Å²) in [5.41, 5.74) is 0.00448. The smallest absolute Gasteiger partial charge is 0.357 e. The molecule has 0 radical (unpaired) electrons. The number of hydrogen-bond acceptors (Lipinski definition) is 7. The molecule has 2 heterocycles. The number of carboxylic acids is 1. The number of thiophene rings is 1. The SMILES string of the molecule is CCOC(=O)C1=C(CCc2cccs2)C(C(=O)OCc2ccccc2)=NC1(CC)CC(=O)O. The Bertz CT molecular complexity index is 1060. The molecule has 1 aliphatic heterocycles. The van der Waals surface area contributed by atoms with E-state index in [1.165, 1.54) is 0 Å². The van der Waals surface area contributed by atoms with Crippen molar-refractivity contribution in [3.05, 3.63) is 69.4 Å². The van der Waals surface area contributed by atoms with Gasteiger partial charge in [-0.05, 0) is 48.8 Å². The number of carbonyl (C=O) groups excluding carboxylic acids is 2. The lowest BCUT2D eigenvalue weighted by Gasteiger charge is -2.26. The molecule has 33 heavy (non-hydrogen) atoms. The molecule has 1 aromatic carbocycles. The molecular formula is C25H27NO6S. The minimum absolute atomic E-state index is 0.00800. The van der Waals surface area contributed by atoms with E-state index in [9.17, 15) is 19.5 Å². The Hall–Kier alpha value is -3.26. The maximum absolute atomic E-state index is 13.1. The van der Waals surface area contributed by atoms with Crippen molar-refractivity contribution in [1.29, 1.82) is 0 Å². The molecule has 0 amide bonds. The Kier molecular flexibility index (Phi) is 8.16. The number of carbonyl (C=O) groups is 3. The first-order valence-electron chi connectivity index (χ1n) is 10.9. The van der Waals surface area contributed by atoms with Gasteiger partial charge in [0.05, 0.1) is 18.6 Å². The highest BCUT2D eigenvalue weighted by atomic mass is 32.1. The van der Waals surface area contributed by atoms with Crippen LogP contribution in [0.15, 0.2) is 64.0 Å². The summed E-state index contributed by atoms with van der Waals surface area (Å²) in [5, 5.41) is 11.5. The minimum atomic E-state index is -1.37. The summed E-state index contributed by atoms with van der Waals surface area (Å²) in [7, 11) is 0. The lowest BCUT2D eigenvalue weighted by Crippen LogP contribution is -2.34.